The fourth-order valence-electron chi connectivity index (χ4n) is 3.31. The molecule has 0 aromatic heterocycles. The van der Waals surface area contributed by atoms with Crippen LogP contribution in [0.1, 0.15) is 44.4 Å². The van der Waals surface area contributed by atoms with Gasteiger partial charge in [0.1, 0.15) is 6.04 Å². The van der Waals surface area contributed by atoms with Crippen molar-refractivity contribution in [3.63, 3.8) is 0 Å². The van der Waals surface area contributed by atoms with E-state index >= 15 is 0 Å². The van der Waals surface area contributed by atoms with Crippen molar-refractivity contribution >= 4 is 15.9 Å². The van der Waals surface area contributed by atoms with Crippen LogP contribution >= 0.6 is 0 Å². The van der Waals surface area contributed by atoms with Crippen LogP contribution in [0.25, 0.3) is 0 Å². The lowest BCUT2D eigenvalue weighted by Crippen LogP contribution is -2.49. The van der Waals surface area contributed by atoms with Crippen LogP contribution in [-0.2, 0) is 27.9 Å². The van der Waals surface area contributed by atoms with Crippen molar-refractivity contribution in [3.05, 3.63) is 65.2 Å². The third-order valence-corrected chi connectivity index (χ3v) is 6.88. The van der Waals surface area contributed by atoms with Crippen LogP contribution in [0, 0.1) is 12.8 Å². The average molecular weight is 446 g/mol. The van der Waals surface area contributed by atoms with Gasteiger partial charge in [0.15, 0.2) is 0 Å². The highest BCUT2D eigenvalue weighted by molar-refractivity contribution is 7.89. The van der Waals surface area contributed by atoms with Gasteiger partial charge >= 0.3 is 0 Å². The van der Waals surface area contributed by atoms with Gasteiger partial charge in [0.05, 0.1) is 4.90 Å². The summed E-state index contributed by atoms with van der Waals surface area (Å²) >= 11 is 0. The van der Waals surface area contributed by atoms with E-state index in [9.17, 15) is 13.2 Å². The molecule has 0 unspecified atom stereocenters. The molecule has 0 aliphatic heterocycles. The molecule has 170 valence electrons. The number of amides is 1. The summed E-state index contributed by atoms with van der Waals surface area (Å²) in [7, 11) is -3.80. The van der Waals surface area contributed by atoms with E-state index in [4.69, 9.17) is 0 Å². The molecule has 2 rings (SSSR count). The lowest BCUT2D eigenvalue weighted by molar-refractivity contribution is -0.123. The normalized spacial score (nSPS) is 12.9. The lowest BCUT2D eigenvalue weighted by Gasteiger charge is -2.23. The minimum Gasteiger partial charge on any atom is -0.351 e. The molecule has 1 atom stereocenters. The number of rotatable bonds is 11. The van der Waals surface area contributed by atoms with Gasteiger partial charge in [-0.1, -0.05) is 69.7 Å². The number of sulfonamides is 1. The minimum absolute atomic E-state index is 0.154. The second-order valence-electron chi connectivity index (χ2n) is 8.10. The number of hydrogen-bond donors (Lipinski definition) is 2. The van der Waals surface area contributed by atoms with Crippen LogP contribution in [0.15, 0.2) is 53.4 Å². The van der Waals surface area contributed by atoms with Crippen LogP contribution in [-0.4, -0.2) is 38.4 Å². The largest absolute Gasteiger partial charge is 0.351 e. The molecule has 0 saturated heterocycles. The molecule has 0 saturated carbocycles. The second kappa shape index (κ2) is 11.4. The maximum atomic E-state index is 12.9. The van der Waals surface area contributed by atoms with Crippen LogP contribution in [0.4, 0.5) is 0 Å². The molecule has 2 aromatic carbocycles. The van der Waals surface area contributed by atoms with Crippen molar-refractivity contribution in [2.45, 2.75) is 58.6 Å². The lowest BCUT2D eigenvalue weighted by atomic mass is 10.0. The fraction of sp³-hybridized carbons (Fsp3) is 0.458. The number of nitrogens with one attached hydrogen (secondary N) is 2. The molecule has 2 aromatic rings. The monoisotopic (exact) mass is 445 g/mol. The predicted molar refractivity (Wildman–Crippen MR) is 125 cm³/mol. The molecule has 31 heavy (non-hydrogen) atoms. The van der Waals surface area contributed by atoms with Gasteiger partial charge in [0, 0.05) is 13.1 Å². The van der Waals surface area contributed by atoms with Crippen LogP contribution in [0.3, 0.4) is 0 Å². The summed E-state index contributed by atoms with van der Waals surface area (Å²) < 4.78 is 28.1. The van der Waals surface area contributed by atoms with Crippen molar-refractivity contribution in [2.75, 3.05) is 13.1 Å². The molecule has 7 heteroatoms. The quantitative estimate of drug-likeness (QED) is 0.555. The number of benzene rings is 2. The number of hydrogen-bond acceptors (Lipinski definition) is 4. The first-order valence-electron chi connectivity index (χ1n) is 10.8. The third-order valence-electron chi connectivity index (χ3n) is 5.42. The topological polar surface area (TPSA) is 78.5 Å². The van der Waals surface area contributed by atoms with Crippen LogP contribution < -0.4 is 10.0 Å². The summed E-state index contributed by atoms with van der Waals surface area (Å²) in [6.07, 6.45) is 0. The van der Waals surface area contributed by atoms with Crippen LogP contribution in [0.5, 0.6) is 0 Å². The molecule has 0 aliphatic carbocycles. The Morgan fingerprint density at radius 3 is 2.10 bits per heavy atom. The third kappa shape index (κ3) is 7.16. The highest BCUT2D eigenvalue weighted by Crippen LogP contribution is 2.15. The SMILES string of the molecule is CCN(CC)Cc1ccccc1CNC(=O)[C@@H](NS(=O)(=O)c1ccc(C)cc1)C(C)C. The van der Waals surface area contributed by atoms with Crippen molar-refractivity contribution in [1.29, 1.82) is 0 Å². The standard InChI is InChI=1S/C24H35N3O3S/c1-6-27(7-2)17-21-11-9-8-10-20(21)16-25-24(28)23(18(3)4)26-31(29,30)22-14-12-19(5)13-15-22/h8-15,18,23,26H,6-7,16-17H2,1-5H3,(H,25,28)/t23-/m0/s1. The minimum atomic E-state index is -3.80. The molecular weight excluding hydrogens is 410 g/mol. The maximum absolute atomic E-state index is 12.9. The van der Waals surface area contributed by atoms with Gasteiger partial charge in [0.2, 0.25) is 15.9 Å². The zero-order valence-corrected chi connectivity index (χ0v) is 20.0. The fourth-order valence-corrected chi connectivity index (χ4v) is 4.65. The summed E-state index contributed by atoms with van der Waals surface area (Å²) in [5, 5.41) is 2.93. The van der Waals surface area contributed by atoms with Gasteiger partial charge in [-0.05, 0) is 49.2 Å². The zero-order valence-electron chi connectivity index (χ0n) is 19.2. The number of carbonyl (C=O) groups is 1. The molecule has 0 radical (unpaired) electrons. The summed E-state index contributed by atoms with van der Waals surface area (Å²) in [6.45, 7) is 12.9. The Morgan fingerprint density at radius 2 is 1.55 bits per heavy atom. The second-order valence-corrected chi connectivity index (χ2v) is 9.82. The Bertz CT molecular complexity index is 952. The summed E-state index contributed by atoms with van der Waals surface area (Å²) in [5.74, 6) is -0.533. The Morgan fingerprint density at radius 1 is 0.968 bits per heavy atom. The smallest absolute Gasteiger partial charge is 0.241 e. The Hall–Kier alpha value is -2.22. The van der Waals surface area contributed by atoms with Gasteiger partial charge in [-0.15, -0.1) is 0 Å². The van der Waals surface area contributed by atoms with Crippen molar-refractivity contribution in [2.24, 2.45) is 5.92 Å². The Labute approximate surface area is 187 Å². The number of nitrogens with zero attached hydrogens (tertiary/aromatic N) is 1. The molecular formula is C24H35N3O3S. The first-order chi connectivity index (χ1) is 14.7. The van der Waals surface area contributed by atoms with E-state index in [1.54, 1.807) is 24.3 Å². The number of aryl methyl sites for hydroxylation is 1. The highest BCUT2D eigenvalue weighted by atomic mass is 32.2. The molecule has 0 bridgehead atoms. The molecule has 0 aliphatic rings. The molecule has 0 heterocycles. The zero-order chi connectivity index (χ0) is 23.0. The molecule has 1 amide bonds. The predicted octanol–water partition coefficient (Wildman–Crippen LogP) is 3.46. The molecule has 6 nitrogen and oxygen atoms in total. The molecule has 0 fully saturated rings. The highest BCUT2D eigenvalue weighted by Gasteiger charge is 2.28. The van der Waals surface area contributed by atoms with Gasteiger partial charge in [-0.3, -0.25) is 9.69 Å². The molecule has 0 spiro atoms. The Balaban J connectivity index is 2.11. The van der Waals surface area contributed by atoms with E-state index < -0.39 is 16.1 Å². The van der Waals surface area contributed by atoms with E-state index in [0.29, 0.717) is 6.54 Å². The average Bonchev–Trinajstić information content (AvgIpc) is 2.75. The van der Waals surface area contributed by atoms with E-state index in [2.05, 4.69) is 34.9 Å². The van der Waals surface area contributed by atoms with E-state index in [1.807, 2.05) is 39.0 Å². The van der Waals surface area contributed by atoms with Gasteiger partial charge in [-0.25, -0.2) is 8.42 Å². The summed E-state index contributed by atoms with van der Waals surface area (Å²) in [4.78, 5) is 15.4. The van der Waals surface area contributed by atoms with Crippen molar-refractivity contribution in [1.82, 2.24) is 14.9 Å². The van der Waals surface area contributed by atoms with Crippen LogP contribution in [0.2, 0.25) is 0 Å². The number of carbonyl (C=O) groups excluding carboxylic acids is 1. The first-order valence-corrected chi connectivity index (χ1v) is 12.3. The maximum Gasteiger partial charge on any atom is 0.241 e. The summed E-state index contributed by atoms with van der Waals surface area (Å²) in [6, 6.07) is 13.7. The van der Waals surface area contributed by atoms with Crippen molar-refractivity contribution < 1.29 is 13.2 Å². The van der Waals surface area contributed by atoms with Crippen molar-refractivity contribution in [3.8, 4) is 0 Å². The molecule has 2 N–H and O–H groups in total. The van der Waals surface area contributed by atoms with E-state index in [1.165, 1.54) is 0 Å². The first kappa shape index (κ1) is 25.0. The Kier molecular flexibility index (Phi) is 9.22. The van der Waals surface area contributed by atoms with E-state index in [0.717, 1.165) is 36.3 Å². The van der Waals surface area contributed by atoms with E-state index in [-0.39, 0.29) is 16.7 Å². The van der Waals surface area contributed by atoms with Gasteiger partial charge in [-0.2, -0.15) is 4.72 Å². The van der Waals surface area contributed by atoms with Gasteiger partial charge < -0.3 is 5.32 Å². The summed E-state index contributed by atoms with van der Waals surface area (Å²) in [5.41, 5.74) is 3.17. The van der Waals surface area contributed by atoms with Gasteiger partial charge in [0.25, 0.3) is 0 Å².